The van der Waals surface area contributed by atoms with Gasteiger partial charge >= 0.3 is 0 Å². The smallest absolute Gasteiger partial charge is 0.164 e. The topological polar surface area (TPSA) is 62.5 Å². The van der Waals surface area contributed by atoms with Gasteiger partial charge in [0.2, 0.25) is 0 Å². The van der Waals surface area contributed by atoms with Gasteiger partial charge in [-0.15, -0.1) is 0 Å². The van der Waals surface area contributed by atoms with Crippen molar-refractivity contribution in [2.24, 2.45) is 0 Å². The van der Waals surface area contributed by atoms with E-state index in [4.69, 9.17) is 15.0 Å². The summed E-state index contributed by atoms with van der Waals surface area (Å²) in [6.45, 7) is 0. The maximum Gasteiger partial charge on any atom is 0.164 e. The molecule has 0 aliphatic heterocycles. The number of nitriles is 1. The van der Waals surface area contributed by atoms with E-state index in [1.165, 1.54) is 12.1 Å². The first kappa shape index (κ1) is 23.9. The van der Waals surface area contributed by atoms with Crippen molar-refractivity contribution >= 4 is 0 Å². The number of halogens is 1. The molecule has 0 unspecified atom stereocenters. The number of aromatic nitrogens is 3. The third kappa shape index (κ3) is 5.04. The van der Waals surface area contributed by atoms with E-state index in [9.17, 15) is 9.65 Å². The van der Waals surface area contributed by atoms with Crippen LogP contribution in [-0.4, -0.2) is 15.0 Å². The third-order valence-corrected chi connectivity index (χ3v) is 6.48. The fraction of sp³-hybridized carbons (Fsp3) is 0. The molecule has 6 aromatic rings. The van der Waals surface area contributed by atoms with Crippen LogP contribution in [0.4, 0.5) is 4.39 Å². The molecule has 6 rings (SSSR count). The fourth-order valence-electron chi connectivity index (χ4n) is 4.40. The summed E-state index contributed by atoms with van der Waals surface area (Å²) >= 11 is 0. The van der Waals surface area contributed by atoms with Crippen molar-refractivity contribution in [1.29, 1.82) is 5.26 Å². The van der Waals surface area contributed by atoms with Crippen molar-refractivity contribution < 1.29 is 4.39 Å². The zero-order valence-electron chi connectivity index (χ0n) is 20.8. The molecule has 0 fully saturated rings. The zero-order valence-corrected chi connectivity index (χ0v) is 20.8. The number of nitrogens with zero attached hydrogens (tertiary/aromatic N) is 4. The number of benzene rings is 5. The van der Waals surface area contributed by atoms with E-state index in [0.29, 0.717) is 23.0 Å². The Bertz CT molecular complexity index is 1690. The van der Waals surface area contributed by atoms with Crippen molar-refractivity contribution in [3.8, 4) is 62.5 Å². The van der Waals surface area contributed by atoms with Crippen LogP contribution in [0.25, 0.3) is 56.4 Å². The quantitative estimate of drug-likeness (QED) is 0.237. The molecule has 0 radical (unpaired) electrons. The number of hydrogen-bond acceptors (Lipinski definition) is 4. The van der Waals surface area contributed by atoms with Gasteiger partial charge in [0.05, 0.1) is 5.56 Å². The maximum absolute atomic E-state index is 14.1. The Balaban J connectivity index is 1.44. The predicted octanol–water partition coefficient (Wildman–Crippen LogP) is 8.22. The van der Waals surface area contributed by atoms with Crippen LogP contribution >= 0.6 is 0 Å². The van der Waals surface area contributed by atoms with E-state index in [1.807, 2.05) is 91.0 Å². The van der Waals surface area contributed by atoms with Gasteiger partial charge in [-0.25, -0.2) is 19.3 Å². The average molecular weight is 505 g/mol. The van der Waals surface area contributed by atoms with E-state index in [0.717, 1.165) is 33.4 Å². The van der Waals surface area contributed by atoms with Gasteiger partial charge in [0.15, 0.2) is 17.5 Å². The Kier molecular flexibility index (Phi) is 6.43. The minimum absolute atomic E-state index is 0.0598. The second kappa shape index (κ2) is 10.5. The first-order valence-electron chi connectivity index (χ1n) is 12.5. The van der Waals surface area contributed by atoms with Crippen molar-refractivity contribution in [1.82, 2.24) is 15.0 Å². The zero-order chi connectivity index (χ0) is 26.6. The molecule has 4 nitrogen and oxygen atoms in total. The highest BCUT2D eigenvalue weighted by Gasteiger charge is 2.14. The van der Waals surface area contributed by atoms with Gasteiger partial charge in [-0.3, -0.25) is 0 Å². The molecule has 184 valence electrons. The maximum atomic E-state index is 14.1. The highest BCUT2D eigenvalue weighted by molar-refractivity contribution is 5.72. The lowest BCUT2D eigenvalue weighted by Crippen LogP contribution is -2.00. The lowest BCUT2D eigenvalue weighted by atomic mass is 10.0. The van der Waals surface area contributed by atoms with Crippen LogP contribution in [0.5, 0.6) is 0 Å². The molecule has 0 N–H and O–H groups in total. The van der Waals surface area contributed by atoms with Crippen LogP contribution in [0.3, 0.4) is 0 Å². The van der Waals surface area contributed by atoms with Crippen LogP contribution < -0.4 is 0 Å². The monoisotopic (exact) mass is 504 g/mol. The predicted molar refractivity (Wildman–Crippen MR) is 152 cm³/mol. The highest BCUT2D eigenvalue weighted by Crippen LogP contribution is 2.29. The van der Waals surface area contributed by atoms with E-state index in [-0.39, 0.29) is 5.56 Å². The molecule has 0 amide bonds. The first-order chi connectivity index (χ1) is 19.2. The molecule has 1 heterocycles. The molecule has 0 saturated carbocycles. The summed E-state index contributed by atoms with van der Waals surface area (Å²) in [5, 5.41) is 9.35. The number of hydrogen-bond donors (Lipinski definition) is 0. The third-order valence-electron chi connectivity index (χ3n) is 6.48. The van der Waals surface area contributed by atoms with Crippen LogP contribution in [0, 0.1) is 17.1 Å². The van der Waals surface area contributed by atoms with Crippen molar-refractivity contribution in [3.05, 3.63) is 139 Å². The van der Waals surface area contributed by atoms with Crippen LogP contribution in [0.2, 0.25) is 0 Å². The lowest BCUT2D eigenvalue weighted by molar-refractivity contribution is 0.624. The highest BCUT2D eigenvalue weighted by atomic mass is 19.1. The second-order valence-corrected chi connectivity index (χ2v) is 9.00. The summed E-state index contributed by atoms with van der Waals surface area (Å²) in [4.78, 5) is 14.2. The molecule has 0 atom stereocenters. The molecule has 39 heavy (non-hydrogen) atoms. The fourth-order valence-corrected chi connectivity index (χ4v) is 4.40. The minimum Gasteiger partial charge on any atom is -0.208 e. The molecule has 0 bridgehead atoms. The molecular weight excluding hydrogens is 483 g/mol. The summed E-state index contributed by atoms with van der Waals surface area (Å²) < 4.78 is 14.1. The van der Waals surface area contributed by atoms with E-state index in [2.05, 4.69) is 24.3 Å². The largest absolute Gasteiger partial charge is 0.208 e. The van der Waals surface area contributed by atoms with E-state index < -0.39 is 5.82 Å². The average Bonchev–Trinajstić information content (AvgIpc) is 3.02. The Morgan fingerprint density at radius 1 is 0.436 bits per heavy atom. The Morgan fingerprint density at radius 2 is 0.795 bits per heavy atom. The molecular formula is C34H21FN4. The molecule has 0 spiro atoms. The van der Waals surface area contributed by atoms with Gasteiger partial charge in [0.25, 0.3) is 0 Å². The molecule has 5 heteroatoms. The normalized spacial score (nSPS) is 10.7. The van der Waals surface area contributed by atoms with E-state index in [1.54, 1.807) is 6.07 Å². The molecule has 0 aliphatic rings. The summed E-state index contributed by atoms with van der Waals surface area (Å²) in [6, 6.07) is 42.5. The van der Waals surface area contributed by atoms with Crippen LogP contribution in [0.15, 0.2) is 127 Å². The summed E-state index contributed by atoms with van der Waals surface area (Å²) in [7, 11) is 0. The molecule has 0 saturated heterocycles. The summed E-state index contributed by atoms with van der Waals surface area (Å²) in [5.74, 6) is 0.767. The Hall–Kier alpha value is -5.47. The van der Waals surface area contributed by atoms with Crippen molar-refractivity contribution in [2.75, 3.05) is 0 Å². The van der Waals surface area contributed by atoms with Crippen LogP contribution in [-0.2, 0) is 0 Å². The SMILES string of the molecule is N#Cc1cc(-c2nc(-c3ccc(-c4ccccc4)cc3)nc(-c3ccc(-c4ccccc4)cc3)n2)ccc1F. The minimum atomic E-state index is -0.580. The molecule has 1 aromatic heterocycles. The van der Waals surface area contributed by atoms with E-state index >= 15 is 0 Å². The summed E-state index contributed by atoms with van der Waals surface area (Å²) in [6.07, 6.45) is 0. The molecule has 0 aliphatic carbocycles. The lowest BCUT2D eigenvalue weighted by Gasteiger charge is -2.10. The molecule has 5 aromatic carbocycles. The first-order valence-corrected chi connectivity index (χ1v) is 12.5. The number of rotatable bonds is 5. The van der Waals surface area contributed by atoms with Crippen LogP contribution in [0.1, 0.15) is 5.56 Å². The van der Waals surface area contributed by atoms with Gasteiger partial charge in [0, 0.05) is 16.7 Å². The Morgan fingerprint density at radius 3 is 1.23 bits per heavy atom. The van der Waals surface area contributed by atoms with Crippen molar-refractivity contribution in [3.63, 3.8) is 0 Å². The van der Waals surface area contributed by atoms with Gasteiger partial charge in [-0.2, -0.15) is 5.26 Å². The Labute approximate surface area is 225 Å². The van der Waals surface area contributed by atoms with Gasteiger partial charge in [-0.1, -0.05) is 109 Å². The second-order valence-electron chi connectivity index (χ2n) is 9.00. The van der Waals surface area contributed by atoms with Gasteiger partial charge in [-0.05, 0) is 40.5 Å². The van der Waals surface area contributed by atoms with Gasteiger partial charge < -0.3 is 0 Å². The van der Waals surface area contributed by atoms with Crippen molar-refractivity contribution in [2.45, 2.75) is 0 Å². The standard InChI is InChI=1S/C34H21FN4/c35-31-20-19-29(21-30(31)22-36)34-38-32(27-15-11-25(12-16-27)23-7-3-1-4-8-23)37-33(39-34)28-17-13-26(14-18-28)24-9-5-2-6-10-24/h1-21H. The summed E-state index contributed by atoms with van der Waals surface area (Å²) in [5.41, 5.74) is 6.54. The van der Waals surface area contributed by atoms with Gasteiger partial charge in [0.1, 0.15) is 11.9 Å².